The molecule has 0 atom stereocenters. The number of furan rings is 1. The van der Waals surface area contributed by atoms with E-state index in [1.54, 1.807) is 42.5 Å². The maximum atomic E-state index is 13.4. The second kappa shape index (κ2) is 10.3. The Labute approximate surface area is 217 Å². The summed E-state index contributed by atoms with van der Waals surface area (Å²) in [4.78, 5) is 37.5. The van der Waals surface area contributed by atoms with Gasteiger partial charge in [0.15, 0.2) is 5.57 Å². The molecule has 2 heterocycles. The minimum Gasteiger partial charge on any atom is -0.465 e. The third-order valence-electron chi connectivity index (χ3n) is 5.04. The van der Waals surface area contributed by atoms with Crippen LogP contribution in [0.4, 0.5) is 0 Å². The highest BCUT2D eigenvalue weighted by Gasteiger charge is 2.18. The molecule has 36 heavy (non-hydrogen) atoms. The predicted molar refractivity (Wildman–Crippen MR) is 136 cm³/mol. The molecule has 11 heteroatoms. The molecule has 0 aliphatic rings. The van der Waals surface area contributed by atoms with Crippen molar-refractivity contribution in [2.45, 2.75) is 0 Å². The van der Waals surface area contributed by atoms with E-state index in [0.717, 1.165) is 15.9 Å². The molecule has 0 aliphatic heterocycles. The van der Waals surface area contributed by atoms with Crippen LogP contribution in [0.15, 0.2) is 63.8 Å². The molecule has 2 aromatic carbocycles. The van der Waals surface area contributed by atoms with Gasteiger partial charge >= 0.3 is 5.97 Å². The number of thiazole rings is 1. The molecular weight excluding hydrogens is 525 g/mol. The van der Waals surface area contributed by atoms with E-state index in [2.05, 4.69) is 0 Å². The Morgan fingerprint density at radius 2 is 1.92 bits per heavy atom. The number of halogens is 2. The van der Waals surface area contributed by atoms with Crippen molar-refractivity contribution in [1.82, 2.24) is 4.57 Å². The number of nitrogens with zero attached hydrogens (tertiary/aromatic N) is 2. The lowest BCUT2D eigenvalue weighted by Gasteiger charge is -2.06. The maximum Gasteiger partial charge on any atom is 0.338 e. The summed E-state index contributed by atoms with van der Waals surface area (Å²) in [6.07, 6.45) is 1.46. The smallest absolute Gasteiger partial charge is 0.338 e. The Hall–Kier alpha value is -4.10. The highest BCUT2D eigenvalue weighted by atomic mass is 35.5. The molecule has 0 saturated carbocycles. The molecule has 0 saturated heterocycles. The summed E-state index contributed by atoms with van der Waals surface area (Å²) in [6, 6.07) is 16.2. The third kappa shape index (κ3) is 4.70. The molecule has 4 aromatic rings. The monoisotopic (exact) mass is 539 g/mol. The van der Waals surface area contributed by atoms with E-state index in [4.69, 9.17) is 38.1 Å². The van der Waals surface area contributed by atoms with Gasteiger partial charge in [-0.2, -0.15) is 5.26 Å². The average molecular weight is 540 g/mol. The fraction of sp³-hybridized carbons (Fsp3) is 0.0400. The van der Waals surface area contributed by atoms with Crippen LogP contribution in [-0.2, 0) is 9.53 Å². The minimum atomic E-state index is -0.996. The van der Waals surface area contributed by atoms with Gasteiger partial charge in [-0.1, -0.05) is 41.4 Å². The summed E-state index contributed by atoms with van der Waals surface area (Å²) in [7, 11) is 1.28. The van der Waals surface area contributed by atoms with Gasteiger partial charge in [-0.3, -0.25) is 14.2 Å². The van der Waals surface area contributed by atoms with Gasteiger partial charge in [0.2, 0.25) is 0 Å². The molecule has 0 spiro atoms. The standard InChI is InChI=1S/C25H15Cl2N3O5S/c1-34-25(33)16-5-3-2-4-15(16)20-9-7-14(35-20)11-21-23(32)30(19-8-6-13(26)10-18(19)27)24(36-21)17(12-28)22(29)31/h2-11H,1H3,(H2,29,31)/b21-11+,24-17-. The van der Waals surface area contributed by atoms with Crippen molar-refractivity contribution >= 4 is 58.1 Å². The first-order valence-corrected chi connectivity index (χ1v) is 11.7. The minimum absolute atomic E-state index is 0.00767. The number of amides is 1. The number of aromatic nitrogens is 1. The Bertz CT molecular complexity index is 1740. The zero-order valence-electron chi connectivity index (χ0n) is 18.5. The largest absolute Gasteiger partial charge is 0.465 e. The van der Waals surface area contributed by atoms with Crippen LogP contribution in [0.5, 0.6) is 0 Å². The van der Waals surface area contributed by atoms with Gasteiger partial charge in [0, 0.05) is 16.7 Å². The van der Waals surface area contributed by atoms with Gasteiger partial charge in [-0.15, -0.1) is 11.3 Å². The molecule has 1 amide bonds. The lowest BCUT2D eigenvalue weighted by molar-refractivity contribution is -0.112. The zero-order chi connectivity index (χ0) is 26.0. The predicted octanol–water partition coefficient (Wildman–Crippen LogP) is 3.24. The van der Waals surface area contributed by atoms with Crippen molar-refractivity contribution < 1.29 is 18.7 Å². The molecule has 180 valence electrons. The highest BCUT2D eigenvalue weighted by Crippen LogP contribution is 2.27. The van der Waals surface area contributed by atoms with Crippen LogP contribution in [-0.4, -0.2) is 23.6 Å². The molecule has 0 radical (unpaired) electrons. The fourth-order valence-corrected chi connectivity index (χ4v) is 5.01. The first-order chi connectivity index (χ1) is 17.2. The van der Waals surface area contributed by atoms with Crippen molar-refractivity contribution in [1.29, 1.82) is 5.26 Å². The molecule has 0 unspecified atom stereocenters. The number of nitrogens with two attached hydrogens (primary N) is 1. The summed E-state index contributed by atoms with van der Waals surface area (Å²) in [6.45, 7) is 0. The van der Waals surface area contributed by atoms with E-state index in [-0.39, 0.29) is 19.9 Å². The number of methoxy groups -OCH3 is 1. The topological polar surface area (TPSA) is 128 Å². The third-order valence-corrected chi connectivity index (χ3v) is 6.67. The van der Waals surface area contributed by atoms with Crippen molar-refractivity contribution in [3.05, 3.63) is 95.5 Å². The number of hydrogen-bond donors (Lipinski definition) is 1. The second-order valence-electron chi connectivity index (χ2n) is 7.24. The Morgan fingerprint density at radius 3 is 2.58 bits per heavy atom. The number of carbonyl (C=O) groups is 2. The molecule has 2 aromatic heterocycles. The van der Waals surface area contributed by atoms with Crippen LogP contribution in [0, 0.1) is 11.3 Å². The number of nitriles is 1. The summed E-state index contributed by atoms with van der Waals surface area (Å²) in [5.41, 5.74) is 5.47. The summed E-state index contributed by atoms with van der Waals surface area (Å²) < 4.78 is 12.0. The highest BCUT2D eigenvalue weighted by molar-refractivity contribution is 7.07. The number of primary amides is 1. The number of hydrogen-bond acceptors (Lipinski definition) is 7. The molecule has 2 N–H and O–H groups in total. The van der Waals surface area contributed by atoms with Crippen molar-refractivity contribution in [2.24, 2.45) is 5.73 Å². The molecule has 0 bridgehead atoms. The van der Waals surface area contributed by atoms with Crippen molar-refractivity contribution in [2.75, 3.05) is 7.11 Å². The zero-order valence-corrected chi connectivity index (χ0v) is 20.8. The lowest BCUT2D eigenvalue weighted by Crippen LogP contribution is -2.32. The van der Waals surface area contributed by atoms with Crippen LogP contribution < -0.4 is 20.5 Å². The van der Waals surface area contributed by atoms with Crippen LogP contribution in [0.3, 0.4) is 0 Å². The molecular formula is C25H15Cl2N3O5S. The summed E-state index contributed by atoms with van der Waals surface area (Å²) >= 11 is 13.2. The van der Waals surface area contributed by atoms with Gasteiger partial charge in [0.1, 0.15) is 22.3 Å². The van der Waals surface area contributed by atoms with Crippen LogP contribution in [0.25, 0.3) is 28.7 Å². The average Bonchev–Trinajstić information content (AvgIpc) is 3.44. The van der Waals surface area contributed by atoms with Gasteiger partial charge in [-0.25, -0.2) is 4.79 Å². The van der Waals surface area contributed by atoms with Gasteiger partial charge < -0.3 is 14.9 Å². The van der Waals surface area contributed by atoms with Crippen molar-refractivity contribution in [3.63, 3.8) is 0 Å². The number of esters is 1. The SMILES string of the molecule is COC(=O)c1ccccc1-c1ccc(/C=c2/s/c(=C(/C#N)C(N)=O)n(-c3ccc(Cl)cc3Cl)c2=O)o1. The van der Waals surface area contributed by atoms with Gasteiger partial charge in [-0.05, 0) is 36.4 Å². The fourth-order valence-electron chi connectivity index (χ4n) is 3.43. The number of benzene rings is 2. The van der Waals surface area contributed by atoms with E-state index in [1.165, 1.54) is 31.4 Å². The quantitative estimate of drug-likeness (QED) is 0.387. The first-order valence-electron chi connectivity index (χ1n) is 10.2. The van der Waals surface area contributed by atoms with Crippen LogP contribution in [0.1, 0.15) is 16.1 Å². The normalized spacial score (nSPS) is 12.2. The van der Waals surface area contributed by atoms with Gasteiger partial charge in [0.05, 0.1) is 27.9 Å². The Kier molecular flexibility index (Phi) is 7.12. The lowest BCUT2D eigenvalue weighted by atomic mass is 10.1. The number of carbonyl (C=O) groups excluding carboxylic acids is 2. The summed E-state index contributed by atoms with van der Waals surface area (Å²) in [5.74, 6) is -0.851. The van der Waals surface area contributed by atoms with E-state index in [0.29, 0.717) is 27.7 Å². The Balaban J connectivity index is 1.94. The first kappa shape index (κ1) is 25.0. The number of ether oxygens (including phenoxy) is 1. The Morgan fingerprint density at radius 1 is 1.17 bits per heavy atom. The van der Waals surface area contributed by atoms with E-state index >= 15 is 0 Å². The van der Waals surface area contributed by atoms with E-state index in [1.807, 2.05) is 0 Å². The molecule has 8 nitrogen and oxygen atoms in total. The molecule has 4 rings (SSSR count). The van der Waals surface area contributed by atoms with Crippen LogP contribution >= 0.6 is 34.5 Å². The van der Waals surface area contributed by atoms with Crippen molar-refractivity contribution in [3.8, 4) is 23.1 Å². The second-order valence-corrected chi connectivity index (χ2v) is 9.12. The maximum absolute atomic E-state index is 13.4. The van der Waals surface area contributed by atoms with E-state index in [9.17, 15) is 19.6 Å². The van der Waals surface area contributed by atoms with Gasteiger partial charge in [0.25, 0.3) is 11.5 Å². The number of rotatable bonds is 5. The van der Waals surface area contributed by atoms with Crippen LogP contribution in [0.2, 0.25) is 10.0 Å². The molecule has 0 aliphatic carbocycles. The summed E-state index contributed by atoms with van der Waals surface area (Å²) in [5, 5.41) is 10.0. The molecule has 0 fully saturated rings. The van der Waals surface area contributed by atoms with E-state index < -0.39 is 23.0 Å².